The number of hydrogen-bond donors (Lipinski definition) is 0. The number of halogens is 1. The molecule has 1 aliphatic rings. The Bertz CT molecular complexity index is 1590. The largest absolute Gasteiger partial charge is 0.256 e. The fourth-order valence-electron chi connectivity index (χ4n) is 5.08. The minimum atomic E-state index is 0.751. The molecule has 0 aliphatic heterocycles. The summed E-state index contributed by atoms with van der Waals surface area (Å²) in [7, 11) is 0. The number of aryl methyl sites for hydroxylation is 1. The van der Waals surface area contributed by atoms with Gasteiger partial charge in [-0.2, -0.15) is 0 Å². The number of aliphatic imine (C=N–C) groups is 1. The van der Waals surface area contributed by atoms with E-state index in [0.717, 1.165) is 44.1 Å². The molecular weight excluding hydrogens is 454 g/mol. The van der Waals surface area contributed by atoms with Crippen LogP contribution in [-0.4, -0.2) is 5.71 Å². The SMILES string of the molecule is C=CN=C(c1cccc(-c2cccc3c2CCc2ccccc2-3)c1)c1c(Cl)sc2ccccc12. The van der Waals surface area contributed by atoms with Gasteiger partial charge in [-0.25, -0.2) is 0 Å². The Hall–Kier alpha value is -3.46. The molecule has 1 nitrogen and oxygen atoms in total. The van der Waals surface area contributed by atoms with Gasteiger partial charge < -0.3 is 0 Å². The molecule has 1 aliphatic carbocycles. The first-order valence-electron chi connectivity index (χ1n) is 11.4. The monoisotopic (exact) mass is 475 g/mol. The van der Waals surface area contributed by atoms with Gasteiger partial charge in [-0.15, -0.1) is 11.3 Å². The number of hydrogen-bond acceptors (Lipinski definition) is 2. The molecule has 0 spiro atoms. The van der Waals surface area contributed by atoms with Crippen molar-refractivity contribution in [2.45, 2.75) is 12.8 Å². The lowest BCUT2D eigenvalue weighted by Gasteiger charge is -2.23. The van der Waals surface area contributed by atoms with Gasteiger partial charge in [-0.1, -0.05) is 97.0 Å². The van der Waals surface area contributed by atoms with Crippen LogP contribution in [0.3, 0.4) is 0 Å². The summed E-state index contributed by atoms with van der Waals surface area (Å²) < 4.78 is 1.91. The summed E-state index contributed by atoms with van der Waals surface area (Å²) in [6.07, 6.45) is 3.72. The van der Waals surface area contributed by atoms with Crippen LogP contribution in [0.15, 0.2) is 109 Å². The van der Waals surface area contributed by atoms with Crippen molar-refractivity contribution >= 4 is 38.7 Å². The lowest BCUT2D eigenvalue weighted by molar-refractivity contribution is 0.944. The minimum Gasteiger partial charge on any atom is -0.256 e. The molecule has 1 aromatic heterocycles. The summed E-state index contributed by atoms with van der Waals surface area (Å²) >= 11 is 8.34. The van der Waals surface area contributed by atoms with E-state index >= 15 is 0 Å². The predicted molar refractivity (Wildman–Crippen MR) is 147 cm³/mol. The van der Waals surface area contributed by atoms with Crippen molar-refractivity contribution in [3.8, 4) is 22.3 Å². The highest BCUT2D eigenvalue weighted by Gasteiger charge is 2.21. The molecule has 0 saturated heterocycles. The van der Waals surface area contributed by atoms with Gasteiger partial charge in [0.1, 0.15) is 4.34 Å². The summed E-state index contributed by atoms with van der Waals surface area (Å²) in [5.41, 5.74) is 10.9. The van der Waals surface area contributed by atoms with Crippen LogP contribution >= 0.6 is 22.9 Å². The Morgan fingerprint density at radius 3 is 2.50 bits per heavy atom. The second-order valence-corrected chi connectivity index (χ2v) is 10.1. The third-order valence-electron chi connectivity index (χ3n) is 6.58. The average Bonchev–Trinajstić information content (AvgIpc) is 3.22. The van der Waals surface area contributed by atoms with Gasteiger partial charge in [0, 0.05) is 27.4 Å². The van der Waals surface area contributed by atoms with Gasteiger partial charge >= 0.3 is 0 Å². The predicted octanol–water partition coefficient (Wildman–Crippen LogP) is 8.97. The summed E-state index contributed by atoms with van der Waals surface area (Å²) in [5.74, 6) is 0. The summed E-state index contributed by atoms with van der Waals surface area (Å²) in [6, 6.07) is 32.4. The van der Waals surface area contributed by atoms with Gasteiger partial charge in [0.25, 0.3) is 0 Å². The Morgan fingerprint density at radius 2 is 1.59 bits per heavy atom. The third-order valence-corrected chi connectivity index (χ3v) is 7.96. The smallest absolute Gasteiger partial charge is 0.103 e. The van der Waals surface area contributed by atoms with Crippen molar-refractivity contribution in [1.82, 2.24) is 0 Å². The second kappa shape index (κ2) is 8.72. The van der Waals surface area contributed by atoms with Crippen LogP contribution in [0.1, 0.15) is 22.3 Å². The van der Waals surface area contributed by atoms with Crippen LogP contribution in [0.4, 0.5) is 0 Å². The van der Waals surface area contributed by atoms with Crippen LogP contribution in [-0.2, 0) is 12.8 Å². The molecule has 164 valence electrons. The fourth-order valence-corrected chi connectivity index (χ4v) is 6.45. The molecule has 0 unspecified atom stereocenters. The quantitative estimate of drug-likeness (QED) is 0.230. The van der Waals surface area contributed by atoms with Crippen molar-refractivity contribution in [2.24, 2.45) is 4.99 Å². The van der Waals surface area contributed by atoms with Crippen molar-refractivity contribution < 1.29 is 0 Å². The summed E-state index contributed by atoms with van der Waals surface area (Å²) in [6.45, 7) is 3.88. The van der Waals surface area contributed by atoms with Crippen molar-refractivity contribution in [3.05, 3.63) is 130 Å². The van der Waals surface area contributed by atoms with Gasteiger partial charge in [0.05, 0.1) is 5.71 Å². The molecule has 0 bridgehead atoms. The number of thiophene rings is 1. The highest BCUT2D eigenvalue weighted by atomic mass is 35.5. The van der Waals surface area contributed by atoms with E-state index in [-0.39, 0.29) is 0 Å². The van der Waals surface area contributed by atoms with Crippen LogP contribution < -0.4 is 0 Å². The van der Waals surface area contributed by atoms with E-state index in [0.29, 0.717) is 0 Å². The number of nitrogens with zero attached hydrogens (tertiary/aromatic N) is 1. The van der Waals surface area contributed by atoms with E-state index in [1.807, 2.05) is 12.1 Å². The molecule has 4 aromatic carbocycles. The number of fused-ring (bicyclic) bond motifs is 4. The first kappa shape index (κ1) is 21.1. The first-order chi connectivity index (χ1) is 16.7. The standard InChI is InChI=1S/C31H22ClNS/c1-2-33-30(29-27-13-5-6-16-28(27)34-31(29)32)22-11-7-10-21(19-22)24-14-8-15-25-23-12-4-3-9-20(23)17-18-26(24)25/h2-16,19H,1,17-18H2. The second-order valence-electron chi connectivity index (χ2n) is 8.48. The van der Waals surface area contributed by atoms with E-state index in [1.54, 1.807) is 17.5 Å². The molecule has 0 amide bonds. The van der Waals surface area contributed by atoms with Crippen LogP contribution in [0.2, 0.25) is 4.34 Å². The lowest BCUT2D eigenvalue weighted by atomic mass is 9.81. The Morgan fingerprint density at radius 1 is 0.824 bits per heavy atom. The maximum atomic E-state index is 6.75. The molecule has 0 atom stereocenters. The van der Waals surface area contributed by atoms with Crippen molar-refractivity contribution in [2.75, 3.05) is 0 Å². The zero-order valence-electron chi connectivity index (χ0n) is 18.6. The molecule has 5 aromatic rings. The minimum absolute atomic E-state index is 0.751. The Kier molecular flexibility index (Phi) is 5.41. The highest BCUT2D eigenvalue weighted by Crippen LogP contribution is 2.40. The van der Waals surface area contributed by atoms with E-state index in [9.17, 15) is 0 Å². The number of benzene rings is 4. The normalized spacial score (nSPS) is 12.9. The molecule has 0 saturated carbocycles. The van der Waals surface area contributed by atoms with E-state index < -0.39 is 0 Å². The first-order valence-corrected chi connectivity index (χ1v) is 12.6. The van der Waals surface area contributed by atoms with Gasteiger partial charge in [-0.05, 0) is 58.4 Å². The number of rotatable bonds is 4. The maximum Gasteiger partial charge on any atom is 0.103 e. The summed E-state index contributed by atoms with van der Waals surface area (Å²) in [5, 5.41) is 1.12. The van der Waals surface area contributed by atoms with Gasteiger partial charge in [-0.3, -0.25) is 4.99 Å². The summed E-state index contributed by atoms with van der Waals surface area (Å²) in [4.78, 5) is 4.70. The maximum absolute atomic E-state index is 6.75. The van der Waals surface area contributed by atoms with Crippen molar-refractivity contribution in [3.63, 3.8) is 0 Å². The topological polar surface area (TPSA) is 12.4 Å². The molecule has 34 heavy (non-hydrogen) atoms. The van der Waals surface area contributed by atoms with Crippen LogP contribution in [0.25, 0.3) is 32.3 Å². The highest BCUT2D eigenvalue weighted by molar-refractivity contribution is 7.23. The average molecular weight is 476 g/mol. The molecule has 1 heterocycles. The zero-order chi connectivity index (χ0) is 23.1. The Balaban J connectivity index is 1.50. The van der Waals surface area contributed by atoms with Crippen LogP contribution in [0, 0.1) is 0 Å². The van der Waals surface area contributed by atoms with E-state index in [4.69, 9.17) is 16.6 Å². The third kappa shape index (κ3) is 3.51. The molecular formula is C31H22ClNS. The van der Waals surface area contributed by atoms with E-state index in [2.05, 4.69) is 85.4 Å². The fraction of sp³-hybridized carbons (Fsp3) is 0.0645. The molecule has 3 heteroatoms. The molecule has 0 radical (unpaired) electrons. The molecule has 0 fully saturated rings. The molecule has 0 N–H and O–H groups in total. The van der Waals surface area contributed by atoms with E-state index in [1.165, 1.54) is 33.4 Å². The van der Waals surface area contributed by atoms with Gasteiger partial charge in [0.15, 0.2) is 0 Å². The lowest BCUT2D eigenvalue weighted by Crippen LogP contribution is -2.06. The van der Waals surface area contributed by atoms with Crippen molar-refractivity contribution in [1.29, 1.82) is 0 Å². The Labute approximate surface area is 208 Å². The van der Waals surface area contributed by atoms with Crippen LogP contribution in [0.5, 0.6) is 0 Å². The zero-order valence-corrected chi connectivity index (χ0v) is 20.2. The molecule has 6 rings (SSSR count). The van der Waals surface area contributed by atoms with Gasteiger partial charge in [0.2, 0.25) is 0 Å².